The molecule has 1 atom stereocenters. The summed E-state index contributed by atoms with van der Waals surface area (Å²) < 4.78 is 40.0. The van der Waals surface area contributed by atoms with Crippen LogP contribution in [0.3, 0.4) is 0 Å². The number of hydrogen-bond acceptors (Lipinski definition) is 3. The first-order chi connectivity index (χ1) is 9.78. The highest BCUT2D eigenvalue weighted by atomic mass is 19.4. The fraction of sp³-hybridized carbons (Fsp3) is 0.200. The summed E-state index contributed by atoms with van der Waals surface area (Å²) in [6, 6.07) is 9.79. The molecule has 0 amide bonds. The molecule has 0 radical (unpaired) electrons. The zero-order chi connectivity index (χ0) is 15.6. The van der Waals surface area contributed by atoms with Crippen molar-refractivity contribution in [2.24, 2.45) is 5.73 Å². The molecule has 0 aliphatic rings. The van der Waals surface area contributed by atoms with Crippen LogP contribution < -0.4 is 10.5 Å². The molecule has 2 aromatic rings. The molecule has 2 aromatic carbocycles. The summed E-state index contributed by atoms with van der Waals surface area (Å²) in [7, 11) is 0. The molecule has 112 valence electrons. The average Bonchev–Trinajstić information content (AvgIpc) is 2.40. The Hall–Kier alpha value is -2.21. The molecular formula is C15H14F3NO2. The predicted molar refractivity (Wildman–Crippen MR) is 72.0 cm³/mol. The maximum atomic E-state index is 12.1. The van der Waals surface area contributed by atoms with E-state index < -0.39 is 12.4 Å². The number of alkyl halides is 3. The fourth-order valence-corrected chi connectivity index (χ4v) is 1.99. The molecule has 0 fully saturated rings. The number of phenolic OH excluding ortho intramolecular Hbond substituents is 1. The van der Waals surface area contributed by atoms with E-state index in [1.807, 2.05) is 0 Å². The van der Waals surface area contributed by atoms with Crippen molar-refractivity contribution >= 4 is 0 Å². The Kier molecular flexibility index (Phi) is 4.09. The fourth-order valence-electron chi connectivity index (χ4n) is 1.99. The maximum absolute atomic E-state index is 12.1. The van der Waals surface area contributed by atoms with Gasteiger partial charge in [-0.15, -0.1) is 13.2 Å². The zero-order valence-electron chi connectivity index (χ0n) is 11.2. The molecule has 3 nitrogen and oxygen atoms in total. The van der Waals surface area contributed by atoms with E-state index in [0.717, 1.165) is 0 Å². The molecule has 0 saturated heterocycles. The molecule has 3 N–H and O–H groups in total. The second kappa shape index (κ2) is 5.65. The number of aromatic hydroxyl groups is 1. The largest absolute Gasteiger partial charge is 0.573 e. The minimum absolute atomic E-state index is 0.0839. The number of nitrogens with two attached hydrogens (primary N) is 1. The van der Waals surface area contributed by atoms with Crippen molar-refractivity contribution in [3.05, 3.63) is 59.2 Å². The summed E-state index contributed by atoms with van der Waals surface area (Å²) in [5.74, 6) is -0.229. The van der Waals surface area contributed by atoms with Crippen molar-refractivity contribution in [1.82, 2.24) is 0 Å². The number of hydrogen-bond donors (Lipinski definition) is 2. The first-order valence-corrected chi connectivity index (χ1v) is 6.17. The monoisotopic (exact) mass is 297 g/mol. The first-order valence-electron chi connectivity index (χ1n) is 6.17. The van der Waals surface area contributed by atoms with Crippen LogP contribution in [0.15, 0.2) is 42.5 Å². The van der Waals surface area contributed by atoms with E-state index in [4.69, 9.17) is 5.73 Å². The second-order valence-electron chi connectivity index (χ2n) is 4.61. The number of benzene rings is 2. The quantitative estimate of drug-likeness (QED) is 0.909. The summed E-state index contributed by atoms with van der Waals surface area (Å²) in [5.41, 5.74) is 7.81. The van der Waals surface area contributed by atoms with Gasteiger partial charge in [0.2, 0.25) is 0 Å². The number of para-hydroxylation sites is 1. The molecule has 0 saturated carbocycles. The van der Waals surface area contributed by atoms with Crippen molar-refractivity contribution in [2.75, 3.05) is 0 Å². The van der Waals surface area contributed by atoms with Crippen LogP contribution in [0.5, 0.6) is 11.5 Å². The Labute approximate surface area is 119 Å². The van der Waals surface area contributed by atoms with Crippen LogP contribution in [0.1, 0.15) is 22.7 Å². The van der Waals surface area contributed by atoms with Crippen molar-refractivity contribution in [3.8, 4) is 11.5 Å². The van der Waals surface area contributed by atoms with Gasteiger partial charge in [0.1, 0.15) is 11.5 Å². The van der Waals surface area contributed by atoms with Gasteiger partial charge in [0, 0.05) is 5.56 Å². The highest BCUT2D eigenvalue weighted by Crippen LogP contribution is 2.31. The van der Waals surface area contributed by atoms with Crippen LogP contribution in [0.4, 0.5) is 13.2 Å². The third kappa shape index (κ3) is 3.66. The summed E-state index contributed by atoms with van der Waals surface area (Å²) in [6.45, 7) is 1.74. The highest BCUT2D eigenvalue weighted by Gasteiger charge is 2.31. The molecular weight excluding hydrogens is 283 g/mol. The lowest BCUT2D eigenvalue weighted by Gasteiger charge is -2.16. The van der Waals surface area contributed by atoms with Gasteiger partial charge in [-0.2, -0.15) is 0 Å². The molecule has 0 aliphatic carbocycles. The minimum atomic E-state index is -4.72. The molecule has 0 aliphatic heterocycles. The van der Waals surface area contributed by atoms with E-state index in [1.54, 1.807) is 25.1 Å². The lowest BCUT2D eigenvalue weighted by molar-refractivity contribution is -0.274. The summed E-state index contributed by atoms with van der Waals surface area (Å²) in [4.78, 5) is 0. The Morgan fingerprint density at radius 1 is 1.10 bits per heavy atom. The molecule has 0 heterocycles. The van der Waals surface area contributed by atoms with Crippen LogP contribution in [-0.4, -0.2) is 11.5 Å². The number of rotatable bonds is 3. The van der Waals surface area contributed by atoms with Crippen LogP contribution >= 0.6 is 0 Å². The molecule has 21 heavy (non-hydrogen) atoms. The van der Waals surface area contributed by atoms with Gasteiger partial charge in [0.05, 0.1) is 6.04 Å². The second-order valence-corrected chi connectivity index (χ2v) is 4.61. The van der Waals surface area contributed by atoms with Crippen LogP contribution in [-0.2, 0) is 0 Å². The Bertz CT molecular complexity index is 624. The van der Waals surface area contributed by atoms with Gasteiger partial charge in [0.15, 0.2) is 0 Å². The van der Waals surface area contributed by atoms with Gasteiger partial charge in [-0.3, -0.25) is 0 Å². The van der Waals surface area contributed by atoms with Crippen molar-refractivity contribution in [2.45, 2.75) is 19.3 Å². The molecule has 6 heteroatoms. The average molecular weight is 297 g/mol. The van der Waals surface area contributed by atoms with Gasteiger partial charge in [-0.05, 0) is 30.2 Å². The zero-order valence-corrected chi connectivity index (χ0v) is 11.2. The Morgan fingerprint density at radius 2 is 1.71 bits per heavy atom. The number of ether oxygens (including phenoxy) is 1. The van der Waals surface area contributed by atoms with Crippen molar-refractivity contribution in [3.63, 3.8) is 0 Å². The number of halogens is 3. The third-order valence-corrected chi connectivity index (χ3v) is 3.08. The van der Waals surface area contributed by atoms with Gasteiger partial charge in [-0.25, -0.2) is 0 Å². The summed E-state index contributed by atoms with van der Waals surface area (Å²) in [6.07, 6.45) is -4.72. The smallest absolute Gasteiger partial charge is 0.507 e. The molecule has 0 spiro atoms. The van der Waals surface area contributed by atoms with E-state index in [-0.39, 0.29) is 11.5 Å². The van der Waals surface area contributed by atoms with Gasteiger partial charge in [-0.1, -0.05) is 30.3 Å². The lowest BCUT2D eigenvalue weighted by atomic mass is 9.97. The molecule has 0 aromatic heterocycles. The topological polar surface area (TPSA) is 55.5 Å². The van der Waals surface area contributed by atoms with Crippen LogP contribution in [0.25, 0.3) is 0 Å². The Balaban J connectivity index is 2.24. The van der Waals surface area contributed by atoms with Crippen molar-refractivity contribution in [1.29, 1.82) is 0 Å². The van der Waals surface area contributed by atoms with Gasteiger partial charge >= 0.3 is 6.36 Å². The van der Waals surface area contributed by atoms with Gasteiger partial charge in [0.25, 0.3) is 0 Å². The number of phenols is 1. The number of aryl methyl sites for hydroxylation is 1. The van der Waals surface area contributed by atoms with E-state index in [0.29, 0.717) is 16.7 Å². The lowest BCUT2D eigenvalue weighted by Crippen LogP contribution is -2.17. The highest BCUT2D eigenvalue weighted by molar-refractivity contribution is 5.45. The van der Waals surface area contributed by atoms with E-state index in [1.165, 1.54) is 24.3 Å². The van der Waals surface area contributed by atoms with E-state index in [9.17, 15) is 18.3 Å². The summed E-state index contributed by atoms with van der Waals surface area (Å²) >= 11 is 0. The SMILES string of the molecule is Cc1cccc([C@@H](N)c2ccc(OC(F)(F)F)cc2)c1O. The van der Waals surface area contributed by atoms with E-state index >= 15 is 0 Å². The van der Waals surface area contributed by atoms with E-state index in [2.05, 4.69) is 4.74 Å². The standard InChI is InChI=1S/C15H14F3NO2/c1-9-3-2-4-12(14(9)20)13(19)10-5-7-11(8-6-10)21-15(16,17)18/h2-8,13,20H,19H2,1H3/t13-/m0/s1. The third-order valence-electron chi connectivity index (χ3n) is 3.08. The normalized spacial score (nSPS) is 13.0. The molecule has 0 unspecified atom stereocenters. The van der Waals surface area contributed by atoms with Gasteiger partial charge < -0.3 is 15.6 Å². The van der Waals surface area contributed by atoms with Crippen LogP contribution in [0.2, 0.25) is 0 Å². The maximum Gasteiger partial charge on any atom is 0.573 e. The van der Waals surface area contributed by atoms with Crippen molar-refractivity contribution < 1.29 is 23.0 Å². The predicted octanol–water partition coefficient (Wildman–Crippen LogP) is 3.65. The van der Waals surface area contributed by atoms with Crippen LogP contribution in [0, 0.1) is 6.92 Å². The minimum Gasteiger partial charge on any atom is -0.507 e. The summed E-state index contributed by atoms with van der Waals surface area (Å²) in [5, 5.41) is 9.98. The Morgan fingerprint density at radius 3 is 2.29 bits per heavy atom. The molecule has 2 rings (SSSR count). The first kappa shape index (κ1) is 15.2. The molecule has 0 bridgehead atoms.